The third kappa shape index (κ3) is 11.5. The molecule has 0 spiro atoms. The van der Waals surface area contributed by atoms with E-state index in [0.717, 1.165) is 48.8 Å². The van der Waals surface area contributed by atoms with Crippen LogP contribution >= 0.6 is 0 Å². The van der Waals surface area contributed by atoms with Crippen LogP contribution in [0.1, 0.15) is 100 Å². The van der Waals surface area contributed by atoms with Crippen LogP contribution in [0.5, 0.6) is 5.75 Å². The Morgan fingerprint density at radius 2 is 1.47 bits per heavy atom. The number of unbranched alkanes of at least 4 members (excludes halogenated alkanes) is 5. The monoisotopic (exact) mass is 643 g/mol. The van der Waals surface area contributed by atoms with Gasteiger partial charge in [-0.2, -0.15) is 0 Å². The van der Waals surface area contributed by atoms with E-state index in [1.165, 1.54) is 0 Å². The number of hydrogen-bond acceptors (Lipinski definition) is 5. The summed E-state index contributed by atoms with van der Waals surface area (Å²) in [5.74, 6) is -0.659. The van der Waals surface area contributed by atoms with Gasteiger partial charge in [-0.3, -0.25) is 9.59 Å². The average Bonchev–Trinajstić information content (AvgIpc) is 3.00. The molecule has 0 fully saturated rings. The lowest BCUT2D eigenvalue weighted by Crippen LogP contribution is -2.53. The number of amides is 3. The smallest absolute Gasteiger partial charge is 0.408 e. The highest BCUT2D eigenvalue weighted by Crippen LogP contribution is 2.30. The van der Waals surface area contributed by atoms with Crippen molar-refractivity contribution >= 4 is 23.6 Å². The Morgan fingerprint density at radius 1 is 0.830 bits per heavy atom. The van der Waals surface area contributed by atoms with Crippen molar-refractivity contribution in [3.05, 3.63) is 94.5 Å². The molecule has 0 aliphatic carbocycles. The number of phenols is 1. The standard InChI is InChI=1S/C39H53N3O5/c1-8-9-10-11-12-16-24-42(37(45)32(26-30-20-14-13-15-21-30)40-38(46)47-39(5,6)7)35(31-22-23-33(43)29(4)25-31)36(44)41-34-27(2)18-17-19-28(34)3/h13-15,17-23,25,32,35,43H,8-12,16,24,26H2,1-7H3,(H,40,46)(H,41,44). The molecule has 254 valence electrons. The second-order valence-electron chi connectivity index (χ2n) is 13.4. The number of nitrogens with one attached hydrogen (secondary N) is 2. The van der Waals surface area contributed by atoms with Crippen molar-refractivity contribution in [3.8, 4) is 5.75 Å². The van der Waals surface area contributed by atoms with Crippen LogP contribution < -0.4 is 10.6 Å². The molecule has 3 rings (SSSR count). The number of aryl methyl sites for hydroxylation is 3. The molecule has 3 aromatic rings. The zero-order chi connectivity index (χ0) is 34.6. The van der Waals surface area contributed by atoms with E-state index in [9.17, 15) is 19.5 Å². The summed E-state index contributed by atoms with van der Waals surface area (Å²) in [4.78, 5) is 43.9. The van der Waals surface area contributed by atoms with Crippen LogP contribution in [-0.2, 0) is 20.7 Å². The summed E-state index contributed by atoms with van der Waals surface area (Å²) in [6.07, 6.45) is 5.50. The van der Waals surface area contributed by atoms with E-state index in [2.05, 4.69) is 17.6 Å². The summed E-state index contributed by atoms with van der Waals surface area (Å²) in [5.41, 5.74) is 3.75. The van der Waals surface area contributed by atoms with E-state index in [1.54, 1.807) is 50.8 Å². The van der Waals surface area contributed by atoms with Gasteiger partial charge in [0.1, 0.15) is 23.4 Å². The molecule has 2 atom stereocenters. The fraction of sp³-hybridized carbons (Fsp3) is 0.462. The molecule has 0 aromatic heterocycles. The summed E-state index contributed by atoms with van der Waals surface area (Å²) < 4.78 is 5.57. The van der Waals surface area contributed by atoms with Gasteiger partial charge in [-0.05, 0) is 87.9 Å². The minimum Gasteiger partial charge on any atom is -0.508 e. The maximum atomic E-state index is 14.8. The van der Waals surface area contributed by atoms with Crippen LogP contribution in [0.2, 0.25) is 0 Å². The molecule has 3 aromatic carbocycles. The van der Waals surface area contributed by atoms with Crippen molar-refractivity contribution in [3.63, 3.8) is 0 Å². The van der Waals surface area contributed by atoms with Crippen LogP contribution in [0.15, 0.2) is 66.7 Å². The molecule has 0 saturated carbocycles. The SMILES string of the molecule is CCCCCCCCN(C(=O)C(Cc1ccccc1)NC(=O)OC(C)(C)C)C(C(=O)Nc1c(C)cccc1C)c1ccc(O)c(C)c1. The summed E-state index contributed by atoms with van der Waals surface area (Å²) in [6.45, 7) is 13.4. The molecule has 0 saturated heterocycles. The van der Waals surface area contributed by atoms with Crippen molar-refractivity contribution in [1.82, 2.24) is 10.2 Å². The summed E-state index contributed by atoms with van der Waals surface area (Å²) in [5, 5.41) is 16.3. The van der Waals surface area contributed by atoms with E-state index in [-0.39, 0.29) is 24.0 Å². The fourth-order valence-corrected chi connectivity index (χ4v) is 5.65. The number of para-hydroxylation sites is 1. The van der Waals surface area contributed by atoms with E-state index in [4.69, 9.17) is 4.74 Å². The molecule has 0 bridgehead atoms. The topological polar surface area (TPSA) is 108 Å². The highest BCUT2D eigenvalue weighted by Gasteiger charge is 2.37. The Morgan fingerprint density at radius 3 is 2.09 bits per heavy atom. The van der Waals surface area contributed by atoms with E-state index in [1.807, 2.05) is 62.4 Å². The molecule has 2 unspecified atom stereocenters. The predicted molar refractivity (Wildman–Crippen MR) is 189 cm³/mol. The van der Waals surface area contributed by atoms with E-state index in [0.29, 0.717) is 29.8 Å². The fourth-order valence-electron chi connectivity index (χ4n) is 5.65. The van der Waals surface area contributed by atoms with Gasteiger partial charge in [-0.25, -0.2) is 4.79 Å². The first kappa shape index (κ1) is 37.1. The molecule has 0 aliphatic rings. The highest BCUT2D eigenvalue weighted by molar-refractivity contribution is 6.00. The van der Waals surface area contributed by atoms with Crippen molar-refractivity contribution in [1.29, 1.82) is 0 Å². The number of aromatic hydroxyl groups is 1. The van der Waals surface area contributed by atoms with Crippen LogP contribution in [0.25, 0.3) is 0 Å². The average molecular weight is 644 g/mol. The summed E-state index contributed by atoms with van der Waals surface area (Å²) in [6, 6.07) is 18.2. The summed E-state index contributed by atoms with van der Waals surface area (Å²) in [7, 11) is 0. The lowest BCUT2D eigenvalue weighted by Gasteiger charge is -2.35. The molecule has 3 amide bonds. The third-order valence-electron chi connectivity index (χ3n) is 8.13. The number of alkyl carbamates (subject to hydrolysis) is 1. The molecule has 3 N–H and O–H groups in total. The van der Waals surface area contributed by atoms with Gasteiger partial charge >= 0.3 is 6.09 Å². The van der Waals surface area contributed by atoms with Crippen LogP contribution in [0.4, 0.5) is 10.5 Å². The number of ether oxygens (including phenoxy) is 1. The first-order chi connectivity index (χ1) is 22.3. The minimum atomic E-state index is -1.03. The first-order valence-electron chi connectivity index (χ1n) is 16.8. The Hall–Kier alpha value is -4.33. The Balaban J connectivity index is 2.10. The quantitative estimate of drug-likeness (QED) is 0.144. The number of benzene rings is 3. The molecule has 0 aliphatic heterocycles. The number of nitrogens with zero attached hydrogens (tertiary/aromatic N) is 1. The van der Waals surface area contributed by atoms with Crippen LogP contribution in [0.3, 0.4) is 0 Å². The maximum absolute atomic E-state index is 14.8. The van der Waals surface area contributed by atoms with Crippen molar-refractivity contribution in [2.24, 2.45) is 0 Å². The Bertz CT molecular complexity index is 1460. The number of hydrogen-bond donors (Lipinski definition) is 3. The molecule has 8 nitrogen and oxygen atoms in total. The first-order valence-corrected chi connectivity index (χ1v) is 16.8. The van der Waals surface area contributed by atoms with Gasteiger partial charge in [-0.15, -0.1) is 0 Å². The number of carbonyl (C=O) groups is 3. The largest absolute Gasteiger partial charge is 0.508 e. The molecular weight excluding hydrogens is 590 g/mol. The lowest BCUT2D eigenvalue weighted by molar-refractivity contribution is -0.140. The van der Waals surface area contributed by atoms with Gasteiger partial charge in [0.2, 0.25) is 5.91 Å². The third-order valence-corrected chi connectivity index (χ3v) is 8.13. The van der Waals surface area contributed by atoms with Gasteiger partial charge in [0.15, 0.2) is 0 Å². The zero-order valence-corrected chi connectivity index (χ0v) is 29.2. The molecule has 0 radical (unpaired) electrons. The van der Waals surface area contributed by atoms with Crippen LogP contribution in [-0.4, -0.2) is 46.1 Å². The predicted octanol–water partition coefficient (Wildman–Crippen LogP) is 8.32. The van der Waals surface area contributed by atoms with Gasteiger partial charge < -0.3 is 25.4 Å². The van der Waals surface area contributed by atoms with E-state index < -0.39 is 23.8 Å². The number of phenolic OH excluding ortho intramolecular Hbond substituents is 1. The maximum Gasteiger partial charge on any atom is 0.408 e. The zero-order valence-electron chi connectivity index (χ0n) is 29.2. The lowest BCUT2D eigenvalue weighted by atomic mass is 9.97. The number of carbonyl (C=O) groups excluding carboxylic acids is 3. The Labute approximate surface area is 280 Å². The number of anilines is 1. The van der Waals surface area contributed by atoms with Crippen molar-refractivity contribution < 1.29 is 24.2 Å². The van der Waals surface area contributed by atoms with Crippen LogP contribution in [0, 0.1) is 20.8 Å². The molecule has 47 heavy (non-hydrogen) atoms. The molecule has 0 heterocycles. The van der Waals surface area contributed by atoms with Crippen molar-refractivity contribution in [2.75, 3.05) is 11.9 Å². The Kier molecular flexibility index (Phi) is 13.9. The van der Waals surface area contributed by atoms with Gasteiger partial charge in [0, 0.05) is 18.7 Å². The van der Waals surface area contributed by atoms with Crippen molar-refractivity contribution in [2.45, 2.75) is 111 Å². The second-order valence-corrected chi connectivity index (χ2v) is 13.4. The molecular formula is C39H53N3O5. The van der Waals surface area contributed by atoms with Gasteiger partial charge in [-0.1, -0.05) is 93.6 Å². The molecule has 8 heteroatoms. The summed E-state index contributed by atoms with van der Waals surface area (Å²) >= 11 is 0. The highest BCUT2D eigenvalue weighted by atomic mass is 16.6. The van der Waals surface area contributed by atoms with Gasteiger partial charge in [0.25, 0.3) is 5.91 Å². The van der Waals surface area contributed by atoms with Gasteiger partial charge in [0.05, 0.1) is 0 Å². The number of rotatable bonds is 15. The van der Waals surface area contributed by atoms with E-state index >= 15 is 0 Å². The minimum absolute atomic E-state index is 0.102. The normalized spacial score (nSPS) is 12.6. The second kappa shape index (κ2) is 17.5.